The van der Waals surface area contributed by atoms with Gasteiger partial charge in [-0.15, -0.1) is 12.4 Å². The Morgan fingerprint density at radius 3 is 2.64 bits per heavy atom. The number of nitrogens with zero attached hydrogens (tertiary/aromatic N) is 1. The second kappa shape index (κ2) is 11.1. The van der Waals surface area contributed by atoms with Crippen LogP contribution in [0.2, 0.25) is 10.0 Å². The molecular formula is C17H24Cl3NO4. The van der Waals surface area contributed by atoms with E-state index in [1.54, 1.807) is 18.2 Å². The molecule has 0 bridgehead atoms. The highest BCUT2D eigenvalue weighted by Gasteiger charge is 2.26. The van der Waals surface area contributed by atoms with Gasteiger partial charge in [-0.1, -0.05) is 23.2 Å². The average Bonchev–Trinajstić information content (AvgIpc) is 2.55. The Balaban J connectivity index is 0.00000312. The first-order chi connectivity index (χ1) is 11.5. The number of rotatable bonds is 7. The molecule has 142 valence electrons. The zero-order valence-corrected chi connectivity index (χ0v) is 16.4. The SMILES string of the molecule is CCOC(=O)C1CCN(CC(O)COc2ccc(Cl)cc2Cl)CC1.Cl. The predicted octanol–water partition coefficient (Wildman–Crippen LogP) is 3.43. The van der Waals surface area contributed by atoms with Gasteiger partial charge >= 0.3 is 5.97 Å². The Labute approximate surface area is 164 Å². The van der Waals surface area contributed by atoms with Crippen LogP contribution in [-0.2, 0) is 9.53 Å². The Bertz CT molecular complexity index is 551. The second-order valence-corrected chi connectivity index (χ2v) is 6.71. The van der Waals surface area contributed by atoms with Crippen molar-refractivity contribution in [1.29, 1.82) is 0 Å². The number of benzene rings is 1. The quantitative estimate of drug-likeness (QED) is 0.695. The van der Waals surface area contributed by atoms with Crippen LogP contribution in [-0.4, -0.2) is 54.9 Å². The smallest absolute Gasteiger partial charge is 0.309 e. The maximum absolute atomic E-state index is 11.7. The van der Waals surface area contributed by atoms with Gasteiger partial charge in [0.2, 0.25) is 0 Å². The van der Waals surface area contributed by atoms with Gasteiger partial charge in [0.25, 0.3) is 0 Å². The Kier molecular flexibility index (Phi) is 9.90. The van der Waals surface area contributed by atoms with Crippen molar-refractivity contribution in [2.24, 2.45) is 5.92 Å². The third-order valence-electron chi connectivity index (χ3n) is 4.00. The Morgan fingerprint density at radius 2 is 2.04 bits per heavy atom. The molecule has 0 radical (unpaired) electrons. The van der Waals surface area contributed by atoms with E-state index in [0.29, 0.717) is 28.9 Å². The topological polar surface area (TPSA) is 59.0 Å². The van der Waals surface area contributed by atoms with Crippen molar-refractivity contribution in [2.75, 3.05) is 32.8 Å². The number of hydrogen-bond donors (Lipinski definition) is 1. The average molecular weight is 413 g/mol. The van der Waals surface area contributed by atoms with Crippen molar-refractivity contribution < 1.29 is 19.4 Å². The number of aliphatic hydroxyl groups is 1. The Morgan fingerprint density at radius 1 is 1.36 bits per heavy atom. The molecule has 1 aliphatic heterocycles. The lowest BCUT2D eigenvalue weighted by molar-refractivity contribution is -0.149. The molecule has 8 heteroatoms. The van der Waals surface area contributed by atoms with Crippen LogP contribution in [0.4, 0.5) is 0 Å². The van der Waals surface area contributed by atoms with E-state index in [1.807, 2.05) is 6.92 Å². The lowest BCUT2D eigenvalue weighted by Crippen LogP contribution is -2.42. The molecule has 0 amide bonds. The van der Waals surface area contributed by atoms with Crippen LogP contribution in [0.5, 0.6) is 5.75 Å². The van der Waals surface area contributed by atoms with Gasteiger partial charge in [0.1, 0.15) is 18.5 Å². The summed E-state index contributed by atoms with van der Waals surface area (Å²) in [5.74, 6) is 0.363. The largest absolute Gasteiger partial charge is 0.489 e. The maximum Gasteiger partial charge on any atom is 0.309 e. The van der Waals surface area contributed by atoms with Gasteiger partial charge in [-0.3, -0.25) is 4.79 Å². The Hall–Kier alpha value is -0.720. The van der Waals surface area contributed by atoms with Crippen LogP contribution in [0.15, 0.2) is 18.2 Å². The first kappa shape index (κ1) is 22.3. The summed E-state index contributed by atoms with van der Waals surface area (Å²) in [4.78, 5) is 13.8. The fourth-order valence-corrected chi connectivity index (χ4v) is 3.20. The van der Waals surface area contributed by atoms with E-state index in [4.69, 9.17) is 32.7 Å². The number of esters is 1. The molecule has 0 spiro atoms. The van der Waals surface area contributed by atoms with E-state index in [1.165, 1.54) is 0 Å². The van der Waals surface area contributed by atoms with Gasteiger partial charge in [0.05, 0.1) is 17.5 Å². The van der Waals surface area contributed by atoms with Gasteiger partial charge in [0.15, 0.2) is 0 Å². The summed E-state index contributed by atoms with van der Waals surface area (Å²) in [7, 11) is 0. The highest BCUT2D eigenvalue weighted by molar-refractivity contribution is 6.35. The number of hydrogen-bond acceptors (Lipinski definition) is 5. The minimum Gasteiger partial charge on any atom is -0.489 e. The van der Waals surface area contributed by atoms with Crippen LogP contribution >= 0.6 is 35.6 Å². The van der Waals surface area contributed by atoms with Crippen molar-refractivity contribution in [1.82, 2.24) is 4.90 Å². The lowest BCUT2D eigenvalue weighted by atomic mass is 9.97. The summed E-state index contributed by atoms with van der Waals surface area (Å²) >= 11 is 11.9. The normalized spacial score (nSPS) is 16.8. The third kappa shape index (κ3) is 7.19. The zero-order chi connectivity index (χ0) is 17.5. The van der Waals surface area contributed by atoms with Crippen molar-refractivity contribution in [2.45, 2.75) is 25.9 Å². The first-order valence-electron chi connectivity index (χ1n) is 8.14. The molecule has 1 atom stereocenters. The standard InChI is InChI=1S/C17H23Cl2NO4.ClH/c1-2-23-17(22)12-5-7-20(8-6-12)10-14(21)11-24-16-4-3-13(18)9-15(16)19;/h3-4,9,12,14,21H,2,5-8,10-11H2,1H3;1H. The molecule has 1 saturated heterocycles. The molecule has 1 unspecified atom stereocenters. The van der Waals surface area contributed by atoms with Crippen LogP contribution in [0.3, 0.4) is 0 Å². The van der Waals surface area contributed by atoms with Crippen molar-refractivity contribution in [3.63, 3.8) is 0 Å². The molecule has 1 N–H and O–H groups in total. The van der Waals surface area contributed by atoms with Crippen LogP contribution in [0, 0.1) is 5.92 Å². The van der Waals surface area contributed by atoms with Crippen molar-refractivity contribution >= 4 is 41.6 Å². The third-order valence-corrected chi connectivity index (χ3v) is 4.53. The van der Waals surface area contributed by atoms with Gasteiger partial charge in [-0.25, -0.2) is 0 Å². The van der Waals surface area contributed by atoms with Gasteiger partial charge < -0.3 is 19.5 Å². The summed E-state index contributed by atoms with van der Waals surface area (Å²) in [6.45, 7) is 4.42. The number of β-amino-alcohol motifs (C(OH)–C–C–N with tert-alkyl or cyclic N) is 1. The number of carbonyl (C=O) groups excluding carboxylic acids is 1. The molecular weight excluding hydrogens is 389 g/mol. The number of aliphatic hydroxyl groups excluding tert-OH is 1. The number of halogens is 3. The van der Waals surface area contributed by atoms with E-state index in [9.17, 15) is 9.90 Å². The number of likely N-dealkylation sites (tertiary alicyclic amines) is 1. The molecule has 0 aliphatic carbocycles. The van der Waals surface area contributed by atoms with Crippen LogP contribution in [0.1, 0.15) is 19.8 Å². The molecule has 0 saturated carbocycles. The summed E-state index contributed by atoms with van der Waals surface area (Å²) in [5, 5.41) is 11.1. The maximum atomic E-state index is 11.7. The van der Waals surface area contributed by atoms with E-state index in [0.717, 1.165) is 25.9 Å². The highest BCUT2D eigenvalue weighted by atomic mass is 35.5. The van der Waals surface area contributed by atoms with E-state index >= 15 is 0 Å². The number of carbonyl (C=O) groups is 1. The molecule has 1 fully saturated rings. The second-order valence-electron chi connectivity index (χ2n) is 5.87. The number of piperidine rings is 1. The van der Waals surface area contributed by atoms with Crippen molar-refractivity contribution in [3.05, 3.63) is 28.2 Å². The van der Waals surface area contributed by atoms with E-state index in [-0.39, 0.29) is 30.9 Å². The van der Waals surface area contributed by atoms with Crippen LogP contribution < -0.4 is 4.74 Å². The zero-order valence-electron chi connectivity index (χ0n) is 14.1. The monoisotopic (exact) mass is 411 g/mol. The lowest BCUT2D eigenvalue weighted by Gasteiger charge is -2.32. The molecule has 1 heterocycles. The molecule has 1 aromatic carbocycles. The van der Waals surface area contributed by atoms with Gasteiger partial charge in [-0.2, -0.15) is 0 Å². The molecule has 25 heavy (non-hydrogen) atoms. The fourth-order valence-electron chi connectivity index (χ4n) is 2.74. The van der Waals surface area contributed by atoms with E-state index < -0.39 is 6.10 Å². The van der Waals surface area contributed by atoms with E-state index in [2.05, 4.69) is 4.90 Å². The molecule has 0 aromatic heterocycles. The number of ether oxygens (including phenoxy) is 2. The van der Waals surface area contributed by atoms with Gasteiger partial charge in [0, 0.05) is 11.6 Å². The summed E-state index contributed by atoms with van der Waals surface area (Å²) in [6.07, 6.45) is 0.890. The highest BCUT2D eigenvalue weighted by Crippen LogP contribution is 2.27. The summed E-state index contributed by atoms with van der Waals surface area (Å²) in [5.41, 5.74) is 0. The van der Waals surface area contributed by atoms with Crippen LogP contribution in [0.25, 0.3) is 0 Å². The first-order valence-corrected chi connectivity index (χ1v) is 8.90. The molecule has 5 nitrogen and oxygen atoms in total. The predicted molar refractivity (Wildman–Crippen MR) is 101 cm³/mol. The molecule has 1 aromatic rings. The summed E-state index contributed by atoms with van der Waals surface area (Å²) in [6, 6.07) is 4.97. The van der Waals surface area contributed by atoms with Gasteiger partial charge in [-0.05, 0) is 51.1 Å². The minimum atomic E-state index is -0.629. The molecule has 2 rings (SSSR count). The minimum absolute atomic E-state index is 0. The fraction of sp³-hybridized carbons (Fsp3) is 0.588. The molecule has 1 aliphatic rings. The summed E-state index contributed by atoms with van der Waals surface area (Å²) < 4.78 is 10.6. The van der Waals surface area contributed by atoms with Crippen molar-refractivity contribution in [3.8, 4) is 5.75 Å².